The normalized spacial score (nSPS) is 10.3. The smallest absolute Gasteiger partial charge is 0.119 e. The number of anilines is 1. The predicted molar refractivity (Wildman–Crippen MR) is 85.9 cm³/mol. The molecule has 2 aromatic carbocycles. The molecule has 0 radical (unpaired) electrons. The molecular formula is C17H20ClNO. The van der Waals surface area contributed by atoms with Gasteiger partial charge in [0.25, 0.3) is 0 Å². The second kappa shape index (κ2) is 7.81. The van der Waals surface area contributed by atoms with E-state index in [1.54, 1.807) is 0 Å². The topological polar surface area (TPSA) is 21.3 Å². The molecule has 2 nitrogen and oxygen atoms in total. The number of aryl methyl sites for hydroxylation is 1. The molecule has 0 aliphatic heterocycles. The summed E-state index contributed by atoms with van der Waals surface area (Å²) in [6.07, 6.45) is 2.30. The molecule has 0 atom stereocenters. The maximum atomic E-state index is 5.84. The lowest BCUT2D eigenvalue weighted by atomic mass is 10.1. The van der Waals surface area contributed by atoms with Crippen molar-refractivity contribution in [2.75, 3.05) is 18.5 Å². The van der Waals surface area contributed by atoms with Gasteiger partial charge < -0.3 is 10.1 Å². The predicted octanol–water partition coefficient (Wildman–Crippen LogP) is 4.78. The molecule has 0 spiro atoms. The molecule has 0 fully saturated rings. The molecule has 0 bridgehead atoms. The Morgan fingerprint density at radius 2 is 1.70 bits per heavy atom. The SMILES string of the molecule is CCCc1ccc(OCCNc2ccc(Cl)cc2)cc1. The lowest BCUT2D eigenvalue weighted by Gasteiger charge is -2.09. The van der Waals surface area contributed by atoms with Crippen molar-refractivity contribution >= 4 is 17.3 Å². The van der Waals surface area contributed by atoms with Gasteiger partial charge in [0.05, 0.1) is 0 Å². The standard InChI is InChI=1S/C17H20ClNO/c1-2-3-14-4-10-17(11-5-14)20-13-12-19-16-8-6-15(18)7-9-16/h4-11,19H,2-3,12-13H2,1H3. The third-order valence-electron chi connectivity index (χ3n) is 3.01. The molecule has 0 heterocycles. The molecule has 0 saturated carbocycles. The highest BCUT2D eigenvalue weighted by molar-refractivity contribution is 6.30. The van der Waals surface area contributed by atoms with Crippen LogP contribution in [0.2, 0.25) is 5.02 Å². The highest BCUT2D eigenvalue weighted by atomic mass is 35.5. The number of benzene rings is 2. The van der Waals surface area contributed by atoms with E-state index in [2.05, 4.69) is 24.4 Å². The average molecular weight is 290 g/mol. The van der Waals surface area contributed by atoms with Gasteiger partial charge in [-0.05, 0) is 48.4 Å². The second-order valence-corrected chi connectivity index (χ2v) is 5.11. The van der Waals surface area contributed by atoms with Gasteiger partial charge in [-0.1, -0.05) is 37.1 Å². The Labute approximate surface area is 125 Å². The van der Waals surface area contributed by atoms with E-state index in [0.717, 1.165) is 29.4 Å². The van der Waals surface area contributed by atoms with Gasteiger partial charge in [-0.3, -0.25) is 0 Å². The first-order chi connectivity index (χ1) is 9.78. The first kappa shape index (κ1) is 14.7. The van der Waals surface area contributed by atoms with Crippen LogP contribution in [0.3, 0.4) is 0 Å². The quantitative estimate of drug-likeness (QED) is 0.740. The van der Waals surface area contributed by atoms with Crippen molar-refractivity contribution in [3.63, 3.8) is 0 Å². The minimum absolute atomic E-state index is 0.635. The van der Waals surface area contributed by atoms with Gasteiger partial charge in [-0.2, -0.15) is 0 Å². The summed E-state index contributed by atoms with van der Waals surface area (Å²) in [5, 5.41) is 4.04. The summed E-state index contributed by atoms with van der Waals surface area (Å²) in [6.45, 7) is 3.58. The zero-order valence-electron chi connectivity index (χ0n) is 11.7. The Balaban J connectivity index is 1.71. The van der Waals surface area contributed by atoms with E-state index >= 15 is 0 Å². The molecule has 0 unspecified atom stereocenters. The number of nitrogens with one attached hydrogen (secondary N) is 1. The number of rotatable bonds is 7. The van der Waals surface area contributed by atoms with E-state index in [-0.39, 0.29) is 0 Å². The van der Waals surface area contributed by atoms with Crippen LogP contribution in [0.15, 0.2) is 48.5 Å². The summed E-state index contributed by atoms with van der Waals surface area (Å²) in [7, 11) is 0. The number of ether oxygens (including phenoxy) is 1. The van der Waals surface area contributed by atoms with Crippen molar-refractivity contribution in [3.8, 4) is 5.75 Å². The molecule has 0 amide bonds. The zero-order chi connectivity index (χ0) is 14.2. The fraction of sp³-hybridized carbons (Fsp3) is 0.294. The fourth-order valence-corrected chi connectivity index (χ4v) is 2.10. The summed E-state index contributed by atoms with van der Waals surface area (Å²) in [5.41, 5.74) is 2.41. The molecule has 2 rings (SSSR count). The van der Waals surface area contributed by atoms with Crippen LogP contribution in [0.1, 0.15) is 18.9 Å². The van der Waals surface area contributed by atoms with Crippen molar-refractivity contribution in [2.45, 2.75) is 19.8 Å². The maximum absolute atomic E-state index is 5.84. The number of hydrogen-bond donors (Lipinski definition) is 1. The Bertz CT molecular complexity index is 508. The van der Waals surface area contributed by atoms with E-state index < -0.39 is 0 Å². The van der Waals surface area contributed by atoms with Gasteiger partial charge in [-0.15, -0.1) is 0 Å². The summed E-state index contributed by atoms with van der Waals surface area (Å²) < 4.78 is 5.70. The minimum atomic E-state index is 0.635. The zero-order valence-corrected chi connectivity index (χ0v) is 12.5. The molecule has 3 heteroatoms. The third-order valence-corrected chi connectivity index (χ3v) is 3.26. The van der Waals surface area contributed by atoms with Crippen molar-refractivity contribution in [1.29, 1.82) is 0 Å². The molecule has 0 aromatic heterocycles. The lowest BCUT2D eigenvalue weighted by Crippen LogP contribution is -2.11. The van der Waals surface area contributed by atoms with Crippen molar-refractivity contribution in [3.05, 3.63) is 59.1 Å². The Hall–Kier alpha value is -1.67. The van der Waals surface area contributed by atoms with Crippen LogP contribution in [-0.2, 0) is 6.42 Å². The van der Waals surface area contributed by atoms with E-state index in [1.807, 2.05) is 36.4 Å². The van der Waals surface area contributed by atoms with Crippen LogP contribution in [0.5, 0.6) is 5.75 Å². The van der Waals surface area contributed by atoms with Crippen LogP contribution in [-0.4, -0.2) is 13.2 Å². The van der Waals surface area contributed by atoms with Crippen LogP contribution < -0.4 is 10.1 Å². The van der Waals surface area contributed by atoms with Gasteiger partial charge >= 0.3 is 0 Å². The highest BCUT2D eigenvalue weighted by Gasteiger charge is 1.96. The summed E-state index contributed by atoms with van der Waals surface area (Å²) in [5.74, 6) is 0.919. The van der Waals surface area contributed by atoms with Gasteiger partial charge in [0.2, 0.25) is 0 Å². The second-order valence-electron chi connectivity index (χ2n) is 4.68. The van der Waals surface area contributed by atoms with E-state index in [1.165, 1.54) is 12.0 Å². The first-order valence-corrected chi connectivity index (χ1v) is 7.37. The van der Waals surface area contributed by atoms with Crippen molar-refractivity contribution in [2.24, 2.45) is 0 Å². The Kier molecular flexibility index (Phi) is 5.75. The Morgan fingerprint density at radius 3 is 2.35 bits per heavy atom. The van der Waals surface area contributed by atoms with Gasteiger partial charge in [0.1, 0.15) is 12.4 Å². The lowest BCUT2D eigenvalue weighted by molar-refractivity contribution is 0.333. The number of halogens is 1. The monoisotopic (exact) mass is 289 g/mol. The Morgan fingerprint density at radius 1 is 1.00 bits per heavy atom. The average Bonchev–Trinajstić information content (AvgIpc) is 2.47. The van der Waals surface area contributed by atoms with Crippen LogP contribution in [0, 0.1) is 0 Å². The molecule has 0 aliphatic rings. The van der Waals surface area contributed by atoms with Crippen LogP contribution in [0.25, 0.3) is 0 Å². The van der Waals surface area contributed by atoms with Crippen molar-refractivity contribution in [1.82, 2.24) is 0 Å². The van der Waals surface area contributed by atoms with E-state index in [0.29, 0.717) is 6.61 Å². The van der Waals surface area contributed by atoms with Crippen LogP contribution in [0.4, 0.5) is 5.69 Å². The third kappa shape index (κ3) is 4.78. The van der Waals surface area contributed by atoms with Crippen molar-refractivity contribution < 1.29 is 4.74 Å². The van der Waals surface area contributed by atoms with E-state index in [9.17, 15) is 0 Å². The van der Waals surface area contributed by atoms with Gasteiger partial charge in [0.15, 0.2) is 0 Å². The maximum Gasteiger partial charge on any atom is 0.119 e. The summed E-state index contributed by atoms with van der Waals surface area (Å²) in [4.78, 5) is 0. The molecular weight excluding hydrogens is 270 g/mol. The largest absolute Gasteiger partial charge is 0.492 e. The fourth-order valence-electron chi connectivity index (χ4n) is 1.97. The molecule has 106 valence electrons. The molecule has 0 aliphatic carbocycles. The molecule has 2 aromatic rings. The minimum Gasteiger partial charge on any atom is -0.492 e. The number of hydrogen-bond acceptors (Lipinski definition) is 2. The van der Waals surface area contributed by atoms with Gasteiger partial charge in [0, 0.05) is 17.3 Å². The molecule has 1 N–H and O–H groups in total. The highest BCUT2D eigenvalue weighted by Crippen LogP contribution is 2.14. The van der Waals surface area contributed by atoms with Gasteiger partial charge in [-0.25, -0.2) is 0 Å². The van der Waals surface area contributed by atoms with E-state index in [4.69, 9.17) is 16.3 Å². The van der Waals surface area contributed by atoms with Crippen LogP contribution >= 0.6 is 11.6 Å². The summed E-state index contributed by atoms with van der Waals surface area (Å²) >= 11 is 5.84. The first-order valence-electron chi connectivity index (χ1n) is 6.99. The molecule has 0 saturated heterocycles. The summed E-state index contributed by atoms with van der Waals surface area (Å²) in [6, 6.07) is 16.0. The molecule has 20 heavy (non-hydrogen) atoms.